The predicted molar refractivity (Wildman–Crippen MR) is 58.9 cm³/mol. The summed E-state index contributed by atoms with van der Waals surface area (Å²) in [5.41, 5.74) is 0. The number of amides is 3. The molecule has 7 heteroatoms. The normalized spacial score (nSPS) is 9.94. The largest absolute Gasteiger partial charge is 0.337 e. The van der Waals surface area contributed by atoms with Crippen LogP contribution in [0.4, 0.5) is 4.79 Å². The Balaban J connectivity index is 2.52. The van der Waals surface area contributed by atoms with Crippen LogP contribution in [-0.2, 0) is 18.4 Å². The number of carbonyl (C=O) groups excluding carboxylic acids is 2. The molecule has 0 unspecified atom stereocenters. The fourth-order valence-corrected chi connectivity index (χ4v) is 1.15. The van der Waals surface area contributed by atoms with E-state index in [0.717, 1.165) is 5.82 Å². The highest BCUT2D eigenvalue weighted by molar-refractivity contribution is 6.28. The topological polar surface area (TPSA) is 67.2 Å². The summed E-state index contributed by atoms with van der Waals surface area (Å²) in [4.78, 5) is 27.8. The van der Waals surface area contributed by atoms with Crippen molar-refractivity contribution < 1.29 is 9.59 Å². The summed E-state index contributed by atoms with van der Waals surface area (Å²) >= 11 is 5.27. The first-order valence-corrected chi connectivity index (χ1v) is 5.15. The van der Waals surface area contributed by atoms with E-state index in [1.807, 2.05) is 7.05 Å². The Hall–Kier alpha value is -1.56. The van der Waals surface area contributed by atoms with Crippen molar-refractivity contribution >= 4 is 23.5 Å². The molecule has 0 saturated carbocycles. The molecule has 0 atom stereocenters. The molecule has 0 bridgehead atoms. The monoisotopic (exact) mass is 244 g/mol. The van der Waals surface area contributed by atoms with E-state index in [2.05, 4.69) is 10.3 Å². The quantitative estimate of drug-likeness (QED) is 0.779. The van der Waals surface area contributed by atoms with Crippen LogP contribution in [0.3, 0.4) is 0 Å². The highest BCUT2D eigenvalue weighted by Gasteiger charge is 2.13. The first-order chi connectivity index (χ1) is 7.54. The zero-order valence-corrected chi connectivity index (χ0v) is 9.86. The molecular weight excluding hydrogens is 232 g/mol. The SMILES string of the molecule is CN(Cc1nccn1C)C(=O)NC(=O)CCl. The fraction of sp³-hybridized carbons (Fsp3) is 0.444. The van der Waals surface area contributed by atoms with Crippen molar-refractivity contribution in [3.63, 3.8) is 0 Å². The van der Waals surface area contributed by atoms with Crippen LogP contribution in [0.15, 0.2) is 12.4 Å². The summed E-state index contributed by atoms with van der Waals surface area (Å²) in [6.45, 7) is 0.324. The zero-order chi connectivity index (χ0) is 12.1. The van der Waals surface area contributed by atoms with E-state index in [0.29, 0.717) is 6.54 Å². The lowest BCUT2D eigenvalue weighted by atomic mass is 10.5. The molecule has 0 fully saturated rings. The second-order valence-corrected chi connectivity index (χ2v) is 3.56. The molecule has 16 heavy (non-hydrogen) atoms. The highest BCUT2D eigenvalue weighted by atomic mass is 35.5. The lowest BCUT2D eigenvalue weighted by Gasteiger charge is -2.16. The van der Waals surface area contributed by atoms with E-state index in [4.69, 9.17) is 11.6 Å². The first kappa shape index (κ1) is 12.5. The van der Waals surface area contributed by atoms with E-state index in [-0.39, 0.29) is 5.88 Å². The third-order valence-corrected chi connectivity index (χ3v) is 2.26. The molecule has 1 heterocycles. The second kappa shape index (κ2) is 5.50. The third-order valence-electron chi connectivity index (χ3n) is 2.01. The number of aryl methyl sites for hydroxylation is 1. The molecule has 0 spiro atoms. The lowest BCUT2D eigenvalue weighted by Crippen LogP contribution is -2.41. The van der Waals surface area contributed by atoms with Gasteiger partial charge in [0.1, 0.15) is 11.7 Å². The van der Waals surface area contributed by atoms with Gasteiger partial charge in [0.05, 0.1) is 6.54 Å². The molecule has 3 amide bonds. The Morgan fingerprint density at radius 1 is 1.62 bits per heavy atom. The van der Waals surface area contributed by atoms with Crippen molar-refractivity contribution in [2.75, 3.05) is 12.9 Å². The van der Waals surface area contributed by atoms with Crippen molar-refractivity contribution in [3.05, 3.63) is 18.2 Å². The minimum absolute atomic E-state index is 0.234. The summed E-state index contributed by atoms with van der Waals surface area (Å²) < 4.78 is 1.80. The Labute approximate surface area is 98.2 Å². The van der Waals surface area contributed by atoms with Crippen LogP contribution in [0, 0.1) is 0 Å². The number of alkyl halides is 1. The molecule has 6 nitrogen and oxygen atoms in total. The van der Waals surface area contributed by atoms with Crippen molar-refractivity contribution in [1.82, 2.24) is 19.8 Å². The van der Waals surface area contributed by atoms with Gasteiger partial charge in [0.25, 0.3) is 0 Å². The summed E-state index contributed by atoms with van der Waals surface area (Å²) in [6.07, 6.45) is 3.43. The maximum atomic E-state index is 11.4. The number of rotatable bonds is 3. The maximum Gasteiger partial charge on any atom is 0.324 e. The van der Waals surface area contributed by atoms with Crippen molar-refractivity contribution in [2.24, 2.45) is 7.05 Å². The van der Waals surface area contributed by atoms with Gasteiger partial charge in [-0.05, 0) is 0 Å². The van der Waals surface area contributed by atoms with Crippen molar-refractivity contribution in [1.29, 1.82) is 0 Å². The van der Waals surface area contributed by atoms with Crippen molar-refractivity contribution in [2.45, 2.75) is 6.54 Å². The van der Waals surface area contributed by atoms with E-state index < -0.39 is 11.9 Å². The molecule has 88 valence electrons. The molecule has 1 N–H and O–H groups in total. The molecule has 1 aromatic heterocycles. The van der Waals surface area contributed by atoms with E-state index in [1.54, 1.807) is 24.0 Å². The molecule has 0 aliphatic carbocycles. The van der Waals surface area contributed by atoms with Crippen LogP contribution in [0.1, 0.15) is 5.82 Å². The van der Waals surface area contributed by atoms with Gasteiger partial charge < -0.3 is 9.47 Å². The molecule has 0 saturated heterocycles. The van der Waals surface area contributed by atoms with Gasteiger partial charge in [0.2, 0.25) is 5.91 Å². The fourth-order valence-electron chi connectivity index (χ4n) is 1.08. The van der Waals surface area contributed by atoms with Gasteiger partial charge in [0.15, 0.2) is 0 Å². The van der Waals surface area contributed by atoms with Crippen molar-refractivity contribution in [3.8, 4) is 0 Å². The Kier molecular flexibility index (Phi) is 4.30. The summed E-state index contributed by atoms with van der Waals surface area (Å²) in [5, 5.41) is 2.14. The van der Waals surface area contributed by atoms with Gasteiger partial charge in [-0.25, -0.2) is 9.78 Å². The smallest absolute Gasteiger partial charge is 0.324 e. The van der Waals surface area contributed by atoms with Crippen LogP contribution in [0.2, 0.25) is 0 Å². The minimum Gasteiger partial charge on any atom is -0.337 e. The number of nitrogens with one attached hydrogen (secondary N) is 1. The number of urea groups is 1. The zero-order valence-electron chi connectivity index (χ0n) is 9.11. The minimum atomic E-state index is -0.515. The van der Waals surface area contributed by atoms with Gasteiger partial charge in [-0.15, -0.1) is 11.6 Å². The molecule has 0 aromatic carbocycles. The van der Waals surface area contributed by atoms with Crippen LogP contribution in [-0.4, -0.2) is 39.3 Å². The Morgan fingerprint density at radius 3 is 2.81 bits per heavy atom. The number of imide groups is 1. The van der Waals surface area contributed by atoms with Crippen LogP contribution < -0.4 is 5.32 Å². The number of carbonyl (C=O) groups is 2. The average molecular weight is 245 g/mol. The van der Waals surface area contributed by atoms with Crippen LogP contribution in [0.25, 0.3) is 0 Å². The summed E-state index contributed by atoms with van der Waals surface area (Å²) in [7, 11) is 3.41. The number of hydrogen-bond donors (Lipinski definition) is 1. The molecule has 1 aromatic rings. The number of halogens is 1. The van der Waals surface area contributed by atoms with Crippen LogP contribution in [0.5, 0.6) is 0 Å². The number of nitrogens with zero attached hydrogens (tertiary/aromatic N) is 3. The average Bonchev–Trinajstić information content (AvgIpc) is 2.64. The van der Waals surface area contributed by atoms with Gasteiger partial charge in [0, 0.05) is 26.5 Å². The van der Waals surface area contributed by atoms with Gasteiger partial charge >= 0.3 is 6.03 Å². The van der Waals surface area contributed by atoms with Crippen LogP contribution >= 0.6 is 11.6 Å². The number of aromatic nitrogens is 2. The molecular formula is C9H13ClN4O2. The van der Waals surface area contributed by atoms with E-state index in [9.17, 15) is 9.59 Å². The summed E-state index contributed by atoms with van der Waals surface area (Å²) in [5.74, 6) is -0.0172. The van der Waals surface area contributed by atoms with Gasteiger partial charge in [-0.3, -0.25) is 10.1 Å². The second-order valence-electron chi connectivity index (χ2n) is 3.30. The first-order valence-electron chi connectivity index (χ1n) is 4.61. The predicted octanol–water partition coefficient (Wildman–Crippen LogP) is 0.327. The van der Waals surface area contributed by atoms with Gasteiger partial charge in [-0.1, -0.05) is 0 Å². The standard InChI is InChI=1S/C9H13ClN4O2/c1-13-4-3-11-7(13)6-14(2)9(16)12-8(15)5-10/h3-4H,5-6H2,1-2H3,(H,12,15,16). The van der Waals surface area contributed by atoms with Gasteiger partial charge in [-0.2, -0.15) is 0 Å². The molecule has 1 rings (SSSR count). The number of hydrogen-bond acceptors (Lipinski definition) is 3. The Bertz CT molecular complexity index is 391. The molecule has 0 radical (unpaired) electrons. The Morgan fingerprint density at radius 2 is 2.31 bits per heavy atom. The van der Waals surface area contributed by atoms with E-state index >= 15 is 0 Å². The molecule has 0 aliphatic heterocycles. The summed E-state index contributed by atoms with van der Waals surface area (Å²) in [6, 6.07) is -0.492. The lowest BCUT2D eigenvalue weighted by molar-refractivity contribution is -0.117. The maximum absolute atomic E-state index is 11.4. The van der Waals surface area contributed by atoms with E-state index in [1.165, 1.54) is 4.90 Å². The highest BCUT2D eigenvalue weighted by Crippen LogP contribution is 1.99. The number of imidazole rings is 1. The molecule has 0 aliphatic rings. The third kappa shape index (κ3) is 3.23.